The quantitative estimate of drug-likeness (QED) is 0.746. The molecule has 1 amide bonds. The lowest BCUT2D eigenvalue weighted by molar-refractivity contribution is -0.144. The Morgan fingerprint density at radius 2 is 2.05 bits per heavy atom. The molecule has 102 valence electrons. The number of carboxylic acid groups (broad SMARTS) is 1. The number of esters is 1. The van der Waals surface area contributed by atoms with Crippen molar-refractivity contribution in [3.8, 4) is 0 Å². The van der Waals surface area contributed by atoms with E-state index in [0.717, 1.165) is 6.20 Å². The average Bonchev–Trinajstić information content (AvgIpc) is 2.37. The van der Waals surface area contributed by atoms with Crippen LogP contribution in [-0.2, 0) is 14.3 Å². The Morgan fingerprint density at radius 1 is 1.32 bits per heavy atom. The highest BCUT2D eigenvalue weighted by Crippen LogP contribution is 2.06. The van der Waals surface area contributed by atoms with Gasteiger partial charge in [0.05, 0.1) is 18.6 Å². The second-order valence-corrected chi connectivity index (χ2v) is 3.59. The van der Waals surface area contributed by atoms with Gasteiger partial charge in [0.15, 0.2) is 0 Å². The number of aromatic nitrogens is 1. The molecule has 1 heterocycles. The van der Waals surface area contributed by atoms with E-state index in [4.69, 9.17) is 5.11 Å². The fraction of sp³-hybridized carbons (Fsp3) is 0.333. The van der Waals surface area contributed by atoms with Gasteiger partial charge < -0.3 is 15.2 Å². The third kappa shape index (κ3) is 5.15. The minimum Gasteiger partial charge on any atom is -0.478 e. The molecule has 0 atom stereocenters. The molecule has 0 fully saturated rings. The molecule has 7 heteroatoms. The summed E-state index contributed by atoms with van der Waals surface area (Å²) in [6.45, 7) is 1.96. The largest absolute Gasteiger partial charge is 0.478 e. The second kappa shape index (κ2) is 7.10. The third-order valence-electron chi connectivity index (χ3n) is 2.14. The summed E-state index contributed by atoms with van der Waals surface area (Å²) in [5.41, 5.74) is 0.0320. The van der Waals surface area contributed by atoms with Crippen molar-refractivity contribution in [2.75, 3.05) is 11.9 Å². The van der Waals surface area contributed by atoms with E-state index in [2.05, 4.69) is 15.0 Å². The molecule has 1 aromatic rings. The first-order chi connectivity index (χ1) is 9.02. The summed E-state index contributed by atoms with van der Waals surface area (Å²) in [6.07, 6.45) is 1.12. The summed E-state index contributed by atoms with van der Waals surface area (Å²) in [5.74, 6) is -1.68. The van der Waals surface area contributed by atoms with Gasteiger partial charge in [-0.05, 0) is 19.1 Å². The summed E-state index contributed by atoms with van der Waals surface area (Å²) < 4.78 is 4.68. The van der Waals surface area contributed by atoms with E-state index in [9.17, 15) is 14.4 Å². The zero-order chi connectivity index (χ0) is 14.3. The predicted octanol–water partition coefficient (Wildman–Crippen LogP) is 1.06. The number of rotatable bonds is 6. The number of carbonyl (C=O) groups excluding carboxylic acids is 2. The Balaban J connectivity index is 2.44. The Labute approximate surface area is 109 Å². The molecule has 1 aromatic heterocycles. The van der Waals surface area contributed by atoms with E-state index in [1.165, 1.54) is 12.1 Å². The van der Waals surface area contributed by atoms with Crippen molar-refractivity contribution in [2.45, 2.75) is 19.8 Å². The Bertz CT molecular complexity index is 470. The van der Waals surface area contributed by atoms with Crippen LogP contribution in [0.15, 0.2) is 18.3 Å². The van der Waals surface area contributed by atoms with Crippen LogP contribution in [0.1, 0.15) is 30.1 Å². The van der Waals surface area contributed by atoms with Crippen LogP contribution in [0.3, 0.4) is 0 Å². The van der Waals surface area contributed by atoms with Crippen LogP contribution in [0.25, 0.3) is 0 Å². The number of hydrogen-bond acceptors (Lipinski definition) is 5. The molecule has 0 aliphatic heterocycles. The van der Waals surface area contributed by atoms with Crippen LogP contribution in [0.2, 0.25) is 0 Å². The minimum absolute atomic E-state index is 0.00706. The third-order valence-corrected chi connectivity index (χ3v) is 2.14. The summed E-state index contributed by atoms with van der Waals surface area (Å²) in [7, 11) is 0. The lowest BCUT2D eigenvalue weighted by Crippen LogP contribution is -2.15. The van der Waals surface area contributed by atoms with E-state index in [1.807, 2.05) is 0 Å². The highest BCUT2D eigenvalue weighted by Gasteiger charge is 2.09. The number of ether oxygens (including phenoxy) is 1. The van der Waals surface area contributed by atoms with E-state index < -0.39 is 11.9 Å². The van der Waals surface area contributed by atoms with Gasteiger partial charge in [0, 0.05) is 12.6 Å². The maximum Gasteiger partial charge on any atom is 0.337 e. The molecule has 0 saturated carbocycles. The van der Waals surface area contributed by atoms with Crippen molar-refractivity contribution in [1.82, 2.24) is 4.98 Å². The topological polar surface area (TPSA) is 106 Å². The van der Waals surface area contributed by atoms with Crippen LogP contribution >= 0.6 is 0 Å². The van der Waals surface area contributed by atoms with Gasteiger partial charge in [-0.25, -0.2) is 9.78 Å². The first kappa shape index (κ1) is 14.6. The van der Waals surface area contributed by atoms with E-state index in [-0.39, 0.29) is 36.7 Å². The molecule has 0 bridgehead atoms. The molecule has 0 saturated heterocycles. The van der Waals surface area contributed by atoms with Crippen molar-refractivity contribution >= 4 is 23.7 Å². The summed E-state index contributed by atoms with van der Waals surface area (Å²) >= 11 is 0. The second-order valence-electron chi connectivity index (χ2n) is 3.59. The first-order valence-electron chi connectivity index (χ1n) is 5.67. The van der Waals surface area contributed by atoms with Gasteiger partial charge in [-0.1, -0.05) is 0 Å². The first-order valence-corrected chi connectivity index (χ1v) is 5.67. The fourth-order valence-corrected chi connectivity index (χ4v) is 1.25. The number of aromatic carboxylic acids is 1. The number of nitrogens with one attached hydrogen (secondary N) is 1. The normalized spacial score (nSPS) is 9.74. The minimum atomic E-state index is -1.09. The lowest BCUT2D eigenvalue weighted by atomic mass is 10.2. The van der Waals surface area contributed by atoms with Gasteiger partial charge in [-0.3, -0.25) is 9.59 Å². The number of carbonyl (C=O) groups is 3. The summed E-state index contributed by atoms with van der Waals surface area (Å²) in [6, 6.07) is 2.71. The zero-order valence-electron chi connectivity index (χ0n) is 10.4. The van der Waals surface area contributed by atoms with Gasteiger partial charge in [0.1, 0.15) is 5.82 Å². The molecule has 0 aromatic carbocycles. The highest BCUT2D eigenvalue weighted by atomic mass is 16.5. The maximum atomic E-state index is 11.5. The van der Waals surface area contributed by atoms with Gasteiger partial charge in [0.25, 0.3) is 0 Å². The van der Waals surface area contributed by atoms with E-state index in [1.54, 1.807) is 6.92 Å². The number of anilines is 1. The van der Waals surface area contributed by atoms with Crippen LogP contribution in [-0.4, -0.2) is 34.5 Å². The molecule has 7 nitrogen and oxygen atoms in total. The van der Waals surface area contributed by atoms with Crippen molar-refractivity contribution < 1.29 is 24.2 Å². The Hall–Kier alpha value is -2.44. The summed E-state index contributed by atoms with van der Waals surface area (Å²) in [4.78, 5) is 36.9. The zero-order valence-corrected chi connectivity index (χ0v) is 10.4. The number of amides is 1. The van der Waals surface area contributed by atoms with Gasteiger partial charge >= 0.3 is 11.9 Å². The smallest absolute Gasteiger partial charge is 0.337 e. The number of hydrogen-bond donors (Lipinski definition) is 2. The van der Waals surface area contributed by atoms with E-state index >= 15 is 0 Å². The summed E-state index contributed by atoms with van der Waals surface area (Å²) in [5, 5.41) is 11.1. The molecule has 0 aliphatic carbocycles. The van der Waals surface area contributed by atoms with Crippen LogP contribution < -0.4 is 5.32 Å². The molecule has 19 heavy (non-hydrogen) atoms. The molecule has 0 spiro atoms. The van der Waals surface area contributed by atoms with Gasteiger partial charge in [-0.15, -0.1) is 0 Å². The van der Waals surface area contributed by atoms with E-state index in [0.29, 0.717) is 0 Å². The molecule has 0 radical (unpaired) electrons. The molecular weight excluding hydrogens is 252 g/mol. The number of nitrogens with zero attached hydrogens (tertiary/aromatic N) is 1. The predicted molar refractivity (Wildman–Crippen MR) is 65.7 cm³/mol. The fourth-order valence-electron chi connectivity index (χ4n) is 1.25. The SMILES string of the molecule is CCOC(=O)CCC(=O)Nc1ccc(C(=O)O)cn1. The Morgan fingerprint density at radius 3 is 2.58 bits per heavy atom. The monoisotopic (exact) mass is 266 g/mol. The number of carboxylic acids is 1. The molecule has 0 aliphatic rings. The maximum absolute atomic E-state index is 11.5. The molecule has 0 unspecified atom stereocenters. The van der Waals surface area contributed by atoms with Crippen LogP contribution in [0, 0.1) is 0 Å². The highest BCUT2D eigenvalue weighted by molar-refractivity contribution is 5.92. The molecule has 1 rings (SSSR count). The average molecular weight is 266 g/mol. The van der Waals surface area contributed by atoms with Crippen molar-refractivity contribution in [3.05, 3.63) is 23.9 Å². The van der Waals surface area contributed by atoms with Crippen molar-refractivity contribution in [3.63, 3.8) is 0 Å². The van der Waals surface area contributed by atoms with Crippen LogP contribution in [0.4, 0.5) is 5.82 Å². The molecular formula is C12H14N2O5. The Kier molecular flexibility index (Phi) is 5.46. The van der Waals surface area contributed by atoms with Gasteiger partial charge in [0.2, 0.25) is 5.91 Å². The van der Waals surface area contributed by atoms with Gasteiger partial charge in [-0.2, -0.15) is 0 Å². The van der Waals surface area contributed by atoms with Crippen LogP contribution in [0.5, 0.6) is 0 Å². The molecule has 2 N–H and O–H groups in total. The van der Waals surface area contributed by atoms with Crippen molar-refractivity contribution in [2.24, 2.45) is 0 Å². The lowest BCUT2D eigenvalue weighted by Gasteiger charge is -2.04. The standard InChI is InChI=1S/C12H14N2O5/c1-2-19-11(16)6-5-10(15)14-9-4-3-8(7-13-9)12(17)18/h3-4,7H,2,5-6H2,1H3,(H,17,18)(H,13,14,15). The van der Waals surface area contributed by atoms with Crippen molar-refractivity contribution in [1.29, 1.82) is 0 Å². The number of pyridine rings is 1.